The summed E-state index contributed by atoms with van der Waals surface area (Å²) in [6, 6.07) is -1.51. The summed E-state index contributed by atoms with van der Waals surface area (Å²) in [4.78, 5) is 30.2. The van der Waals surface area contributed by atoms with Gasteiger partial charge in [0.05, 0.1) is 18.8 Å². The second kappa shape index (κ2) is 8.27. The molecule has 116 valence electrons. The first kappa shape index (κ1) is 18.9. The SMILES string of the molecule is [N-]=[N+]=N[C@H](CO)[C@H](O)[C@@H](O)[C@H](O)C(=O)COP(=O)(O)O. The predicted molar refractivity (Wildman–Crippen MR) is 61.0 cm³/mol. The monoisotopic (exact) mass is 315 g/mol. The normalized spacial score (nSPS) is 17.7. The van der Waals surface area contributed by atoms with Crippen LogP contribution in [0.5, 0.6) is 0 Å². The Hall–Kier alpha value is -1.07. The summed E-state index contributed by atoms with van der Waals surface area (Å²) < 4.78 is 14.1. The number of hydrogen-bond donors (Lipinski definition) is 6. The minimum Gasteiger partial charge on any atom is -0.396 e. The molecule has 0 amide bonds. The molecule has 0 saturated heterocycles. The van der Waals surface area contributed by atoms with Crippen LogP contribution in [0.3, 0.4) is 0 Å². The molecule has 0 bridgehead atoms. The summed E-state index contributed by atoms with van der Waals surface area (Å²) in [5.74, 6) is -1.32. The summed E-state index contributed by atoms with van der Waals surface area (Å²) in [6.45, 7) is -2.07. The van der Waals surface area contributed by atoms with Gasteiger partial charge in [-0.2, -0.15) is 0 Å². The Morgan fingerprint density at radius 1 is 1.30 bits per heavy atom. The van der Waals surface area contributed by atoms with Crippen LogP contribution in [0, 0.1) is 0 Å². The van der Waals surface area contributed by atoms with Gasteiger partial charge in [0, 0.05) is 4.91 Å². The molecule has 0 aromatic carbocycles. The molecule has 0 saturated carbocycles. The van der Waals surface area contributed by atoms with Gasteiger partial charge in [-0.25, -0.2) is 4.57 Å². The molecule has 20 heavy (non-hydrogen) atoms. The molecule has 0 fully saturated rings. The summed E-state index contributed by atoms with van der Waals surface area (Å²) in [6.07, 6.45) is -6.37. The summed E-state index contributed by atoms with van der Waals surface area (Å²) in [5, 5.41) is 40.0. The second-order valence-electron chi connectivity index (χ2n) is 3.61. The lowest BCUT2D eigenvalue weighted by molar-refractivity contribution is -0.142. The first-order chi connectivity index (χ1) is 9.14. The smallest absolute Gasteiger partial charge is 0.396 e. The standard InChI is InChI=1S/C7H14N3O9P/c8-10-9-3(1-11)5(13)7(15)6(14)4(12)2-19-20(16,17)18/h3,5-7,11,13-15H,1-2H2,(H2,16,17,18)/t3-,5+,6-,7-/m1/s1. The molecule has 4 atom stereocenters. The van der Waals surface area contributed by atoms with Crippen molar-refractivity contribution in [1.82, 2.24) is 0 Å². The fraction of sp³-hybridized carbons (Fsp3) is 0.857. The van der Waals surface area contributed by atoms with Gasteiger partial charge in [0.15, 0.2) is 5.78 Å². The number of hydrogen-bond acceptors (Lipinski definition) is 8. The highest BCUT2D eigenvalue weighted by Crippen LogP contribution is 2.35. The van der Waals surface area contributed by atoms with Crippen molar-refractivity contribution >= 4 is 13.6 Å². The Bertz CT molecular complexity index is 420. The molecule has 0 radical (unpaired) electrons. The molecular formula is C7H14N3O9P. The number of nitrogens with zero attached hydrogens (tertiary/aromatic N) is 3. The van der Waals surface area contributed by atoms with Crippen molar-refractivity contribution in [1.29, 1.82) is 0 Å². The molecule has 0 aromatic rings. The van der Waals surface area contributed by atoms with Crippen molar-refractivity contribution in [3.63, 3.8) is 0 Å². The van der Waals surface area contributed by atoms with Gasteiger partial charge in [-0.05, 0) is 5.53 Å². The molecule has 0 aliphatic rings. The first-order valence-corrected chi connectivity index (χ1v) is 6.59. The molecule has 0 aliphatic carbocycles. The molecule has 6 N–H and O–H groups in total. The van der Waals surface area contributed by atoms with Crippen molar-refractivity contribution in [2.24, 2.45) is 5.11 Å². The Kier molecular flexibility index (Phi) is 7.83. The molecule has 12 nitrogen and oxygen atoms in total. The van der Waals surface area contributed by atoms with Crippen LogP contribution < -0.4 is 0 Å². The molecule has 0 spiro atoms. The van der Waals surface area contributed by atoms with Crippen LogP contribution in [0.1, 0.15) is 0 Å². The van der Waals surface area contributed by atoms with Crippen LogP contribution in [-0.2, 0) is 13.9 Å². The molecule has 13 heteroatoms. The largest absolute Gasteiger partial charge is 0.470 e. The fourth-order valence-electron chi connectivity index (χ4n) is 1.12. The summed E-state index contributed by atoms with van der Waals surface area (Å²) in [5.41, 5.74) is 8.14. The van der Waals surface area contributed by atoms with Gasteiger partial charge in [0.2, 0.25) is 0 Å². The maximum absolute atomic E-state index is 11.2. The van der Waals surface area contributed by atoms with Crippen molar-refractivity contribution in [3.05, 3.63) is 10.4 Å². The van der Waals surface area contributed by atoms with Gasteiger partial charge in [-0.3, -0.25) is 9.32 Å². The quantitative estimate of drug-likeness (QED) is 0.114. The zero-order valence-electron chi connectivity index (χ0n) is 9.92. The highest BCUT2D eigenvalue weighted by molar-refractivity contribution is 7.46. The third kappa shape index (κ3) is 6.39. The van der Waals surface area contributed by atoms with Gasteiger partial charge in [0.25, 0.3) is 0 Å². The van der Waals surface area contributed by atoms with Crippen molar-refractivity contribution in [2.75, 3.05) is 13.2 Å². The van der Waals surface area contributed by atoms with E-state index in [0.717, 1.165) is 0 Å². The first-order valence-electron chi connectivity index (χ1n) is 5.06. The highest BCUT2D eigenvalue weighted by atomic mass is 31.2. The number of phosphoric ester groups is 1. The minimum absolute atomic E-state index is 0.859. The van der Waals surface area contributed by atoms with E-state index in [1.807, 2.05) is 0 Å². The van der Waals surface area contributed by atoms with Crippen molar-refractivity contribution in [3.8, 4) is 0 Å². The number of rotatable bonds is 9. The molecular weight excluding hydrogens is 301 g/mol. The van der Waals surface area contributed by atoms with Crippen LogP contribution in [0.25, 0.3) is 10.4 Å². The zero-order chi connectivity index (χ0) is 15.9. The number of aliphatic hydroxyl groups excluding tert-OH is 4. The Balaban J connectivity index is 4.66. The maximum Gasteiger partial charge on any atom is 0.470 e. The van der Waals surface area contributed by atoms with E-state index in [2.05, 4.69) is 14.5 Å². The molecule has 0 aromatic heterocycles. The second-order valence-corrected chi connectivity index (χ2v) is 4.85. The number of phosphoric acid groups is 1. The molecule has 0 heterocycles. The van der Waals surface area contributed by atoms with Crippen LogP contribution in [0.15, 0.2) is 5.11 Å². The maximum atomic E-state index is 11.2. The lowest BCUT2D eigenvalue weighted by atomic mass is 9.99. The van der Waals surface area contributed by atoms with Crippen LogP contribution in [0.4, 0.5) is 0 Å². The van der Waals surface area contributed by atoms with Crippen LogP contribution in [0.2, 0.25) is 0 Å². The third-order valence-electron chi connectivity index (χ3n) is 2.16. The van der Waals surface area contributed by atoms with E-state index < -0.39 is 51.2 Å². The summed E-state index contributed by atoms with van der Waals surface area (Å²) in [7, 11) is -4.93. The number of aliphatic hydroxyl groups is 4. The highest BCUT2D eigenvalue weighted by Gasteiger charge is 2.35. The lowest BCUT2D eigenvalue weighted by Gasteiger charge is -2.25. The predicted octanol–water partition coefficient (Wildman–Crippen LogP) is -2.58. The Labute approximate surface area is 112 Å². The van der Waals surface area contributed by atoms with Gasteiger partial charge in [-0.15, -0.1) is 0 Å². The Morgan fingerprint density at radius 3 is 2.25 bits per heavy atom. The number of ketones is 1. The van der Waals surface area contributed by atoms with Crippen molar-refractivity contribution in [2.45, 2.75) is 24.4 Å². The van der Waals surface area contributed by atoms with E-state index in [1.165, 1.54) is 0 Å². The molecule has 0 aliphatic heterocycles. The van der Waals surface area contributed by atoms with E-state index in [9.17, 15) is 24.7 Å². The number of carbonyl (C=O) groups excluding carboxylic acids is 1. The van der Waals surface area contributed by atoms with Gasteiger partial charge in [0.1, 0.15) is 18.8 Å². The average Bonchev–Trinajstić information content (AvgIpc) is 2.38. The van der Waals surface area contributed by atoms with Crippen LogP contribution in [-0.4, -0.2) is 73.6 Å². The number of Topliss-reactive ketones (excluding diaryl/α,β-unsaturated/α-hetero) is 1. The van der Waals surface area contributed by atoms with E-state index in [0.29, 0.717) is 0 Å². The lowest BCUT2D eigenvalue weighted by Crippen LogP contribution is -2.48. The average molecular weight is 315 g/mol. The van der Waals surface area contributed by atoms with E-state index in [1.54, 1.807) is 0 Å². The molecule has 0 rings (SSSR count). The minimum atomic E-state index is -4.93. The van der Waals surface area contributed by atoms with E-state index >= 15 is 0 Å². The van der Waals surface area contributed by atoms with Crippen molar-refractivity contribution < 1.29 is 44.1 Å². The number of carbonyl (C=O) groups is 1. The van der Waals surface area contributed by atoms with E-state index in [-0.39, 0.29) is 0 Å². The van der Waals surface area contributed by atoms with Gasteiger partial charge < -0.3 is 30.2 Å². The topological polar surface area (TPSA) is 214 Å². The number of azide groups is 1. The summed E-state index contributed by atoms with van der Waals surface area (Å²) >= 11 is 0. The van der Waals surface area contributed by atoms with Crippen LogP contribution >= 0.6 is 7.82 Å². The third-order valence-corrected chi connectivity index (χ3v) is 2.62. The Morgan fingerprint density at radius 2 is 1.85 bits per heavy atom. The van der Waals surface area contributed by atoms with E-state index in [4.69, 9.17) is 20.4 Å². The van der Waals surface area contributed by atoms with Gasteiger partial charge >= 0.3 is 7.82 Å². The molecule has 0 unspecified atom stereocenters. The fourth-order valence-corrected chi connectivity index (χ4v) is 1.41. The van der Waals surface area contributed by atoms with Gasteiger partial charge in [-0.1, -0.05) is 5.11 Å². The zero-order valence-corrected chi connectivity index (χ0v) is 10.8.